The first-order valence-electron chi connectivity index (χ1n) is 9.97. The van der Waals surface area contributed by atoms with E-state index in [1.165, 1.54) is 12.1 Å². The van der Waals surface area contributed by atoms with Crippen molar-refractivity contribution in [1.29, 1.82) is 0 Å². The van der Waals surface area contributed by atoms with E-state index < -0.39 is 10.0 Å². The highest BCUT2D eigenvalue weighted by molar-refractivity contribution is 7.89. The molecule has 1 amide bonds. The van der Waals surface area contributed by atoms with Gasteiger partial charge >= 0.3 is 0 Å². The van der Waals surface area contributed by atoms with Crippen LogP contribution in [0.2, 0.25) is 0 Å². The fourth-order valence-electron chi connectivity index (χ4n) is 2.83. The summed E-state index contributed by atoms with van der Waals surface area (Å²) in [6.07, 6.45) is 0. The van der Waals surface area contributed by atoms with Gasteiger partial charge in [-0.1, -0.05) is 12.1 Å². The van der Waals surface area contributed by atoms with Gasteiger partial charge in [-0.3, -0.25) is 9.69 Å². The van der Waals surface area contributed by atoms with Gasteiger partial charge in [0.15, 0.2) is 0 Å². The van der Waals surface area contributed by atoms with Crippen LogP contribution in [0.4, 0.5) is 5.69 Å². The molecule has 0 saturated carbocycles. The molecular weight excluding hydrogens is 402 g/mol. The monoisotopic (exact) mass is 433 g/mol. The van der Waals surface area contributed by atoms with E-state index >= 15 is 0 Å². The van der Waals surface area contributed by atoms with Crippen LogP contribution in [0.25, 0.3) is 0 Å². The van der Waals surface area contributed by atoms with Crippen molar-refractivity contribution >= 4 is 21.6 Å². The molecule has 164 valence electrons. The van der Waals surface area contributed by atoms with Crippen LogP contribution in [-0.2, 0) is 21.4 Å². The molecule has 0 aliphatic heterocycles. The van der Waals surface area contributed by atoms with Gasteiger partial charge in [-0.2, -0.15) is 0 Å². The van der Waals surface area contributed by atoms with Crippen LogP contribution >= 0.6 is 0 Å². The van der Waals surface area contributed by atoms with Crippen LogP contribution in [-0.4, -0.2) is 45.0 Å². The first-order chi connectivity index (χ1) is 14.1. The molecule has 0 fully saturated rings. The Hall–Kier alpha value is -2.42. The molecule has 7 nitrogen and oxygen atoms in total. The molecule has 0 bridgehead atoms. The maximum Gasteiger partial charge on any atom is 0.241 e. The second-order valence-corrected chi connectivity index (χ2v) is 9.17. The predicted octanol–water partition coefficient (Wildman–Crippen LogP) is 3.23. The summed E-state index contributed by atoms with van der Waals surface area (Å²) >= 11 is 0. The Bertz CT molecular complexity index is 926. The maximum absolute atomic E-state index is 12.6. The van der Waals surface area contributed by atoms with Crippen molar-refractivity contribution in [2.75, 3.05) is 19.0 Å². The van der Waals surface area contributed by atoms with E-state index in [9.17, 15) is 13.2 Å². The summed E-state index contributed by atoms with van der Waals surface area (Å²) in [4.78, 5) is 14.7. The van der Waals surface area contributed by atoms with E-state index in [4.69, 9.17) is 4.74 Å². The van der Waals surface area contributed by atoms with Gasteiger partial charge in [-0.25, -0.2) is 13.1 Å². The van der Waals surface area contributed by atoms with Crippen LogP contribution in [0.5, 0.6) is 5.75 Å². The van der Waals surface area contributed by atoms with Crippen molar-refractivity contribution in [3.63, 3.8) is 0 Å². The normalized spacial score (nSPS) is 12.8. The first kappa shape index (κ1) is 23.9. The van der Waals surface area contributed by atoms with Crippen LogP contribution in [0, 0.1) is 0 Å². The molecule has 30 heavy (non-hydrogen) atoms. The molecule has 1 atom stereocenters. The summed E-state index contributed by atoms with van der Waals surface area (Å²) in [5.41, 5.74) is 1.62. The highest BCUT2D eigenvalue weighted by atomic mass is 32.2. The number of hydrogen-bond donors (Lipinski definition) is 2. The molecule has 0 heterocycles. The van der Waals surface area contributed by atoms with E-state index in [0.717, 1.165) is 11.3 Å². The predicted molar refractivity (Wildman–Crippen MR) is 119 cm³/mol. The standard InChI is InChI=1S/C22H31N3O4S/c1-6-29-20-11-7-18(8-12-20)15-25(5)17(4)22(26)23-19-9-13-21(14-10-19)30(27,28)24-16(2)3/h7-14,16-17,24H,6,15H2,1-5H3,(H,23,26). The molecule has 0 radical (unpaired) electrons. The van der Waals surface area contributed by atoms with Gasteiger partial charge in [-0.05, 0) is 76.7 Å². The third-order valence-corrected chi connectivity index (χ3v) is 6.20. The minimum atomic E-state index is -3.56. The fraction of sp³-hybridized carbons (Fsp3) is 0.409. The summed E-state index contributed by atoms with van der Waals surface area (Å²) in [6.45, 7) is 8.53. The molecule has 2 N–H and O–H groups in total. The maximum atomic E-state index is 12.6. The van der Waals surface area contributed by atoms with Gasteiger partial charge < -0.3 is 10.1 Å². The Kier molecular flexibility index (Phi) is 8.40. The number of ether oxygens (including phenoxy) is 1. The number of likely N-dealkylation sites (N-methyl/N-ethyl adjacent to an activating group) is 1. The van der Waals surface area contributed by atoms with Crippen molar-refractivity contribution < 1.29 is 17.9 Å². The molecule has 0 aliphatic carbocycles. The summed E-state index contributed by atoms with van der Waals surface area (Å²) in [7, 11) is -1.67. The summed E-state index contributed by atoms with van der Waals surface area (Å²) in [5, 5.41) is 2.84. The highest BCUT2D eigenvalue weighted by Crippen LogP contribution is 2.17. The zero-order valence-corrected chi connectivity index (χ0v) is 19.0. The second kappa shape index (κ2) is 10.6. The summed E-state index contributed by atoms with van der Waals surface area (Å²) < 4.78 is 32.4. The van der Waals surface area contributed by atoms with E-state index in [1.54, 1.807) is 26.0 Å². The number of benzene rings is 2. The molecule has 2 aromatic rings. The van der Waals surface area contributed by atoms with Crippen molar-refractivity contribution in [1.82, 2.24) is 9.62 Å². The Balaban J connectivity index is 1.96. The lowest BCUT2D eigenvalue weighted by Gasteiger charge is -2.24. The lowest BCUT2D eigenvalue weighted by Crippen LogP contribution is -2.39. The molecule has 1 unspecified atom stereocenters. The third kappa shape index (κ3) is 6.83. The Morgan fingerprint density at radius 3 is 2.17 bits per heavy atom. The number of carbonyl (C=O) groups is 1. The van der Waals surface area contributed by atoms with Gasteiger partial charge in [0, 0.05) is 18.3 Å². The highest BCUT2D eigenvalue weighted by Gasteiger charge is 2.19. The lowest BCUT2D eigenvalue weighted by atomic mass is 10.1. The average molecular weight is 434 g/mol. The molecule has 0 saturated heterocycles. The molecular formula is C22H31N3O4S. The molecule has 2 rings (SSSR count). The van der Waals surface area contributed by atoms with Crippen LogP contribution in [0.3, 0.4) is 0 Å². The van der Waals surface area contributed by atoms with Gasteiger partial charge in [0.25, 0.3) is 0 Å². The molecule has 2 aromatic carbocycles. The topological polar surface area (TPSA) is 87.7 Å². The van der Waals surface area contributed by atoms with Gasteiger partial charge in [0.05, 0.1) is 17.5 Å². The Labute approximate surface area is 179 Å². The van der Waals surface area contributed by atoms with Crippen LogP contribution in [0.15, 0.2) is 53.4 Å². The zero-order valence-electron chi connectivity index (χ0n) is 18.2. The Morgan fingerprint density at radius 2 is 1.63 bits per heavy atom. The lowest BCUT2D eigenvalue weighted by molar-refractivity contribution is -0.120. The minimum absolute atomic E-state index is 0.162. The van der Waals surface area contributed by atoms with Gasteiger partial charge in [-0.15, -0.1) is 0 Å². The summed E-state index contributed by atoms with van der Waals surface area (Å²) in [6, 6.07) is 13.4. The first-order valence-corrected chi connectivity index (χ1v) is 11.5. The number of nitrogens with zero attached hydrogens (tertiary/aromatic N) is 1. The van der Waals surface area contributed by atoms with Crippen molar-refractivity contribution in [2.45, 2.75) is 51.2 Å². The SMILES string of the molecule is CCOc1ccc(CN(C)C(C)C(=O)Nc2ccc(S(=O)(=O)NC(C)C)cc2)cc1. The number of rotatable bonds is 10. The molecule has 0 aromatic heterocycles. The smallest absolute Gasteiger partial charge is 0.241 e. The summed E-state index contributed by atoms with van der Waals surface area (Å²) in [5.74, 6) is 0.656. The quantitative estimate of drug-likeness (QED) is 0.601. The van der Waals surface area contributed by atoms with E-state index in [0.29, 0.717) is 18.8 Å². The van der Waals surface area contributed by atoms with E-state index in [1.807, 2.05) is 50.1 Å². The average Bonchev–Trinajstić information content (AvgIpc) is 2.68. The number of nitrogens with one attached hydrogen (secondary N) is 2. The molecule has 0 aliphatic rings. The number of amides is 1. The van der Waals surface area contributed by atoms with E-state index in [2.05, 4.69) is 10.0 Å². The number of carbonyl (C=O) groups excluding carboxylic acids is 1. The molecule has 0 spiro atoms. The zero-order chi connectivity index (χ0) is 22.3. The van der Waals surface area contributed by atoms with Crippen molar-refractivity contribution in [3.05, 3.63) is 54.1 Å². The third-order valence-electron chi connectivity index (χ3n) is 4.53. The largest absolute Gasteiger partial charge is 0.494 e. The van der Waals surface area contributed by atoms with Crippen LogP contribution < -0.4 is 14.8 Å². The number of anilines is 1. The van der Waals surface area contributed by atoms with Gasteiger partial charge in [0.1, 0.15) is 5.75 Å². The fourth-order valence-corrected chi connectivity index (χ4v) is 4.08. The second-order valence-electron chi connectivity index (χ2n) is 7.46. The number of sulfonamides is 1. The van der Waals surface area contributed by atoms with Gasteiger partial charge in [0.2, 0.25) is 15.9 Å². The van der Waals surface area contributed by atoms with Crippen molar-refractivity contribution in [3.8, 4) is 5.75 Å². The van der Waals surface area contributed by atoms with Crippen LogP contribution in [0.1, 0.15) is 33.3 Å². The van der Waals surface area contributed by atoms with E-state index in [-0.39, 0.29) is 22.9 Å². The number of hydrogen-bond acceptors (Lipinski definition) is 5. The van der Waals surface area contributed by atoms with Crippen molar-refractivity contribution in [2.24, 2.45) is 0 Å². The molecule has 8 heteroatoms. The Morgan fingerprint density at radius 1 is 1.03 bits per heavy atom. The minimum Gasteiger partial charge on any atom is -0.494 e.